The van der Waals surface area contributed by atoms with Gasteiger partial charge in [0.15, 0.2) is 0 Å². The molecule has 0 unspecified atom stereocenters. The van der Waals surface area contributed by atoms with Crippen molar-refractivity contribution in [1.29, 1.82) is 0 Å². The zero-order chi connectivity index (χ0) is 15.4. The van der Waals surface area contributed by atoms with Crippen molar-refractivity contribution in [3.05, 3.63) is 77.8 Å². The zero-order valence-electron chi connectivity index (χ0n) is 12.2. The van der Waals surface area contributed by atoms with Crippen LogP contribution in [0.5, 0.6) is 0 Å². The molecule has 3 heteroatoms. The van der Waals surface area contributed by atoms with Crippen LogP contribution in [-0.4, -0.2) is 4.57 Å². The Morgan fingerprint density at radius 1 is 0.696 bits per heavy atom. The van der Waals surface area contributed by atoms with Gasteiger partial charge in [0, 0.05) is 16.5 Å². The number of rotatable bonds is 1. The van der Waals surface area contributed by atoms with Crippen molar-refractivity contribution >= 4 is 54.1 Å². The molecule has 5 aromatic rings. The summed E-state index contributed by atoms with van der Waals surface area (Å²) in [5.41, 5.74) is 3.67. The second-order valence-electron chi connectivity index (χ2n) is 5.58. The summed E-state index contributed by atoms with van der Waals surface area (Å²) in [7, 11) is 0. The van der Waals surface area contributed by atoms with Crippen molar-refractivity contribution in [2.45, 2.75) is 0 Å². The molecule has 0 radical (unpaired) electrons. The van der Waals surface area contributed by atoms with Crippen LogP contribution in [0.4, 0.5) is 0 Å². The number of para-hydroxylation sites is 2. The van der Waals surface area contributed by atoms with E-state index in [0.29, 0.717) is 0 Å². The normalized spacial score (nSPS) is 11.7. The summed E-state index contributed by atoms with van der Waals surface area (Å²) in [6.07, 6.45) is 0. The van der Waals surface area contributed by atoms with Crippen LogP contribution >= 0.6 is 22.9 Å². The van der Waals surface area contributed by atoms with Crippen LogP contribution in [-0.2, 0) is 0 Å². The van der Waals surface area contributed by atoms with Gasteiger partial charge in [0.1, 0.15) is 0 Å². The maximum absolute atomic E-state index is 6.44. The third kappa shape index (κ3) is 1.79. The molecule has 0 atom stereocenters. The molecule has 0 aliphatic carbocycles. The van der Waals surface area contributed by atoms with E-state index in [1.807, 2.05) is 12.1 Å². The van der Waals surface area contributed by atoms with Crippen molar-refractivity contribution in [3.8, 4) is 5.69 Å². The number of nitrogens with zero attached hydrogens (tertiary/aromatic N) is 1. The summed E-state index contributed by atoms with van der Waals surface area (Å²) in [5.74, 6) is 0. The second kappa shape index (κ2) is 4.85. The summed E-state index contributed by atoms with van der Waals surface area (Å²) >= 11 is 8.22. The van der Waals surface area contributed by atoms with Crippen LogP contribution in [0, 0.1) is 0 Å². The van der Waals surface area contributed by atoms with Crippen LogP contribution in [0.1, 0.15) is 0 Å². The fraction of sp³-hybridized carbons (Fsp3) is 0. The Morgan fingerprint density at radius 2 is 1.43 bits per heavy atom. The minimum Gasteiger partial charge on any atom is -0.308 e. The van der Waals surface area contributed by atoms with E-state index in [0.717, 1.165) is 9.72 Å². The van der Waals surface area contributed by atoms with E-state index in [1.54, 1.807) is 11.3 Å². The van der Waals surface area contributed by atoms with Gasteiger partial charge in [-0.15, -0.1) is 11.3 Å². The van der Waals surface area contributed by atoms with E-state index in [1.165, 1.54) is 32.2 Å². The molecule has 0 spiro atoms. The number of fused-ring (bicyclic) bond motifs is 5. The molecule has 2 aromatic heterocycles. The van der Waals surface area contributed by atoms with E-state index in [4.69, 9.17) is 11.6 Å². The standard InChI is InChI=1S/C20H12ClNS/c21-16-11-6-10-15-18-20(23-19(15)16)14-9-4-5-12-17(14)22(18)13-7-2-1-3-8-13/h1-12H. The molecule has 0 amide bonds. The minimum atomic E-state index is 0.826. The molecular weight excluding hydrogens is 322 g/mol. The highest BCUT2D eigenvalue weighted by Crippen LogP contribution is 2.44. The molecule has 110 valence electrons. The molecule has 3 aromatic carbocycles. The van der Waals surface area contributed by atoms with Gasteiger partial charge in [-0.25, -0.2) is 0 Å². The van der Waals surface area contributed by atoms with Gasteiger partial charge >= 0.3 is 0 Å². The van der Waals surface area contributed by atoms with Crippen molar-refractivity contribution in [2.24, 2.45) is 0 Å². The van der Waals surface area contributed by atoms with Crippen molar-refractivity contribution in [2.75, 3.05) is 0 Å². The van der Waals surface area contributed by atoms with Gasteiger partial charge in [0.25, 0.3) is 0 Å². The Kier molecular flexibility index (Phi) is 2.78. The van der Waals surface area contributed by atoms with Crippen LogP contribution in [0.3, 0.4) is 0 Å². The van der Waals surface area contributed by atoms with Gasteiger partial charge in [-0.05, 0) is 24.3 Å². The first-order valence-corrected chi connectivity index (χ1v) is 8.69. The highest BCUT2D eigenvalue weighted by molar-refractivity contribution is 7.27. The Bertz CT molecular complexity index is 1170. The molecule has 2 heterocycles. The lowest BCUT2D eigenvalue weighted by molar-refractivity contribution is 1.19. The maximum atomic E-state index is 6.44. The Labute approximate surface area is 142 Å². The molecule has 0 saturated heterocycles. The average molecular weight is 334 g/mol. The Balaban J connectivity index is 2.08. The first-order valence-electron chi connectivity index (χ1n) is 7.50. The van der Waals surface area contributed by atoms with Crippen LogP contribution in [0.2, 0.25) is 5.02 Å². The van der Waals surface area contributed by atoms with Crippen LogP contribution in [0.15, 0.2) is 72.8 Å². The highest BCUT2D eigenvalue weighted by atomic mass is 35.5. The molecule has 5 rings (SSSR count). The van der Waals surface area contributed by atoms with Gasteiger partial charge in [0.05, 0.1) is 25.5 Å². The molecule has 1 nitrogen and oxygen atoms in total. The van der Waals surface area contributed by atoms with Crippen molar-refractivity contribution in [3.63, 3.8) is 0 Å². The number of halogens is 1. The van der Waals surface area contributed by atoms with Crippen LogP contribution in [0.25, 0.3) is 36.9 Å². The van der Waals surface area contributed by atoms with Gasteiger partial charge in [0.2, 0.25) is 0 Å². The quantitative estimate of drug-likeness (QED) is 0.323. The van der Waals surface area contributed by atoms with E-state index in [-0.39, 0.29) is 0 Å². The van der Waals surface area contributed by atoms with E-state index >= 15 is 0 Å². The Morgan fingerprint density at radius 3 is 2.30 bits per heavy atom. The predicted molar refractivity (Wildman–Crippen MR) is 101 cm³/mol. The third-order valence-electron chi connectivity index (χ3n) is 4.27. The summed E-state index contributed by atoms with van der Waals surface area (Å²) in [5, 5.41) is 3.33. The topological polar surface area (TPSA) is 4.93 Å². The molecular formula is C20H12ClNS. The lowest BCUT2D eigenvalue weighted by Gasteiger charge is -2.07. The molecule has 23 heavy (non-hydrogen) atoms. The Hall–Kier alpha value is -2.29. The summed E-state index contributed by atoms with van der Waals surface area (Å²) in [6.45, 7) is 0. The number of hydrogen-bond acceptors (Lipinski definition) is 1. The fourth-order valence-electron chi connectivity index (χ4n) is 3.30. The van der Waals surface area contributed by atoms with Gasteiger partial charge in [-0.1, -0.05) is 60.1 Å². The van der Waals surface area contributed by atoms with Crippen molar-refractivity contribution in [1.82, 2.24) is 4.57 Å². The van der Waals surface area contributed by atoms with Crippen molar-refractivity contribution < 1.29 is 0 Å². The molecule has 0 bridgehead atoms. The first kappa shape index (κ1) is 13.2. The first-order chi connectivity index (χ1) is 11.3. The average Bonchev–Trinajstić information content (AvgIpc) is 3.12. The molecule has 0 fully saturated rings. The van der Waals surface area contributed by atoms with Crippen LogP contribution < -0.4 is 0 Å². The number of benzene rings is 3. The predicted octanol–water partition coefficient (Wildman–Crippen LogP) is 6.65. The monoisotopic (exact) mass is 333 g/mol. The minimum absolute atomic E-state index is 0.826. The zero-order valence-corrected chi connectivity index (χ0v) is 13.7. The molecule has 0 aliphatic heterocycles. The number of thiophene rings is 1. The van der Waals surface area contributed by atoms with Gasteiger partial charge < -0.3 is 4.57 Å². The second-order valence-corrected chi connectivity index (χ2v) is 7.01. The van der Waals surface area contributed by atoms with E-state index in [9.17, 15) is 0 Å². The molecule has 0 aliphatic rings. The van der Waals surface area contributed by atoms with E-state index in [2.05, 4.69) is 65.2 Å². The number of aromatic nitrogens is 1. The SMILES string of the molecule is Clc1cccc2c1sc1c3ccccc3n(-c3ccccc3)c21. The summed E-state index contributed by atoms with van der Waals surface area (Å²) in [6, 6.07) is 25.3. The summed E-state index contributed by atoms with van der Waals surface area (Å²) in [4.78, 5) is 0. The van der Waals surface area contributed by atoms with E-state index < -0.39 is 0 Å². The van der Waals surface area contributed by atoms with Gasteiger partial charge in [-0.3, -0.25) is 0 Å². The largest absolute Gasteiger partial charge is 0.308 e. The maximum Gasteiger partial charge on any atom is 0.0728 e. The van der Waals surface area contributed by atoms with Gasteiger partial charge in [-0.2, -0.15) is 0 Å². The fourth-order valence-corrected chi connectivity index (χ4v) is 4.82. The lowest BCUT2D eigenvalue weighted by Crippen LogP contribution is -1.92. The molecule has 0 N–H and O–H groups in total. The number of hydrogen-bond donors (Lipinski definition) is 0. The highest BCUT2D eigenvalue weighted by Gasteiger charge is 2.18. The third-order valence-corrected chi connectivity index (χ3v) is 5.96. The molecule has 0 saturated carbocycles. The summed E-state index contributed by atoms with van der Waals surface area (Å²) < 4.78 is 4.81. The smallest absolute Gasteiger partial charge is 0.0728 e. The lowest BCUT2D eigenvalue weighted by atomic mass is 10.2.